The molecular formula is C24H27GdO3. The molecule has 3 aromatic rings. The summed E-state index contributed by atoms with van der Waals surface area (Å²) in [7, 11) is 0. The van der Waals surface area contributed by atoms with Gasteiger partial charge in [-0.05, 0) is 41.5 Å². The summed E-state index contributed by atoms with van der Waals surface area (Å²) in [4.78, 5) is 0. The minimum Gasteiger partial charge on any atom is -0.872 e. The van der Waals surface area contributed by atoms with Gasteiger partial charge in [-0.2, -0.15) is 0 Å². The molecule has 4 heteroatoms. The van der Waals surface area contributed by atoms with Crippen molar-refractivity contribution in [3.63, 3.8) is 0 Å². The van der Waals surface area contributed by atoms with Gasteiger partial charge in [0.15, 0.2) is 0 Å². The van der Waals surface area contributed by atoms with Gasteiger partial charge >= 0.3 is 39.9 Å². The quantitative estimate of drug-likeness (QED) is 0.448. The molecule has 3 rings (SSSR count). The molecule has 0 bridgehead atoms. The van der Waals surface area contributed by atoms with E-state index in [9.17, 15) is 15.3 Å². The molecule has 0 aromatic heterocycles. The first-order valence-electron chi connectivity index (χ1n) is 8.84. The third-order valence-electron chi connectivity index (χ3n) is 4.23. The van der Waals surface area contributed by atoms with Gasteiger partial charge in [0.2, 0.25) is 0 Å². The molecule has 1 radical (unpaired) electrons. The molecule has 3 aromatic carbocycles. The summed E-state index contributed by atoms with van der Waals surface area (Å²) in [5.74, 6) is 0.493. The molecule has 0 N–H and O–H groups in total. The van der Waals surface area contributed by atoms with Crippen LogP contribution in [0.4, 0.5) is 0 Å². The van der Waals surface area contributed by atoms with Crippen molar-refractivity contribution in [2.75, 3.05) is 0 Å². The molecule has 0 aliphatic rings. The van der Waals surface area contributed by atoms with Gasteiger partial charge < -0.3 is 15.3 Å². The summed E-state index contributed by atoms with van der Waals surface area (Å²) in [5.41, 5.74) is 4.97. The van der Waals surface area contributed by atoms with E-state index in [1.165, 1.54) is 0 Å². The maximum absolute atomic E-state index is 11.0. The largest absolute Gasteiger partial charge is 3.00 e. The van der Waals surface area contributed by atoms with Gasteiger partial charge in [-0.25, -0.2) is 0 Å². The van der Waals surface area contributed by atoms with Crippen LogP contribution in [0.25, 0.3) is 0 Å². The zero-order valence-electron chi connectivity index (χ0n) is 17.3. The second kappa shape index (κ2) is 12.8. The molecule has 3 nitrogen and oxygen atoms in total. The molecule has 0 aliphatic carbocycles. The zero-order chi connectivity index (χ0) is 20.6. The van der Waals surface area contributed by atoms with Gasteiger partial charge in [0.1, 0.15) is 0 Å². The molecule has 0 saturated carbocycles. The topological polar surface area (TPSA) is 69.2 Å². The summed E-state index contributed by atoms with van der Waals surface area (Å²) in [5, 5.41) is 32.9. The van der Waals surface area contributed by atoms with Crippen molar-refractivity contribution in [3.8, 4) is 17.2 Å². The maximum atomic E-state index is 11.0. The molecule has 149 valence electrons. The van der Waals surface area contributed by atoms with Crippen LogP contribution in [0.15, 0.2) is 54.6 Å². The van der Waals surface area contributed by atoms with Crippen LogP contribution in [0, 0.1) is 81.5 Å². The number of benzene rings is 3. The van der Waals surface area contributed by atoms with Gasteiger partial charge in [0.25, 0.3) is 0 Å². The fraction of sp³-hybridized carbons (Fsp3) is 0.250. The third kappa shape index (κ3) is 8.18. The number of para-hydroxylation sites is 3. The minimum atomic E-state index is 0. The van der Waals surface area contributed by atoms with Crippen molar-refractivity contribution in [3.05, 3.63) is 88.0 Å². The van der Waals surface area contributed by atoms with Crippen molar-refractivity contribution in [2.24, 2.45) is 0 Å². The number of hydrogen-bond donors (Lipinski definition) is 0. The monoisotopic (exact) mass is 521 g/mol. The fourth-order valence-corrected chi connectivity index (χ4v) is 2.40. The van der Waals surface area contributed by atoms with E-state index in [-0.39, 0.29) is 57.2 Å². The van der Waals surface area contributed by atoms with Crippen LogP contribution in [0.3, 0.4) is 0 Å². The molecule has 28 heavy (non-hydrogen) atoms. The van der Waals surface area contributed by atoms with E-state index in [1.54, 1.807) is 0 Å². The SMILES string of the molecule is Cc1cccc(C)c1[O-].Cc1cccc(C)c1[O-].Cc1cccc(C)c1[O-].[Gd+3]. The molecule has 0 unspecified atom stereocenters. The Hall–Kier alpha value is -1.62. The molecule has 0 amide bonds. The van der Waals surface area contributed by atoms with Gasteiger partial charge in [-0.1, -0.05) is 88.0 Å². The summed E-state index contributed by atoms with van der Waals surface area (Å²) >= 11 is 0. The Morgan fingerprint density at radius 3 is 0.643 bits per heavy atom. The van der Waals surface area contributed by atoms with Crippen LogP contribution in [-0.2, 0) is 0 Å². The Balaban J connectivity index is 0.000000384. The molecule has 0 fully saturated rings. The predicted molar refractivity (Wildman–Crippen MR) is 106 cm³/mol. The van der Waals surface area contributed by atoms with Crippen LogP contribution < -0.4 is 15.3 Å². The standard InChI is InChI=1S/3C8H10O.Gd/c3*1-6-4-3-5-7(2)8(6)9;/h3*3-5,9H,1-2H3;/q;;;+3/p-3. The van der Waals surface area contributed by atoms with Crippen molar-refractivity contribution in [2.45, 2.75) is 41.5 Å². The minimum absolute atomic E-state index is 0. The first kappa shape index (κ1) is 26.4. The summed E-state index contributed by atoms with van der Waals surface area (Å²) in [6.07, 6.45) is 0. The van der Waals surface area contributed by atoms with Crippen LogP contribution in [0.1, 0.15) is 33.4 Å². The maximum Gasteiger partial charge on any atom is 3.00 e. The summed E-state index contributed by atoms with van der Waals surface area (Å²) in [6, 6.07) is 16.7. The average Bonchev–Trinajstić information content (AvgIpc) is 2.63. The Labute approximate surface area is 200 Å². The number of aryl methyl sites for hydroxylation is 6. The van der Waals surface area contributed by atoms with Crippen LogP contribution in [0.2, 0.25) is 0 Å². The van der Waals surface area contributed by atoms with E-state index in [4.69, 9.17) is 0 Å². The second-order valence-corrected chi connectivity index (χ2v) is 6.66. The van der Waals surface area contributed by atoms with Crippen molar-refractivity contribution >= 4 is 0 Å². The van der Waals surface area contributed by atoms with Crippen LogP contribution in [-0.4, -0.2) is 0 Å². The summed E-state index contributed by atoms with van der Waals surface area (Å²) < 4.78 is 0. The molecule has 0 aliphatic heterocycles. The van der Waals surface area contributed by atoms with E-state index >= 15 is 0 Å². The van der Waals surface area contributed by atoms with Gasteiger partial charge in [-0.3, -0.25) is 0 Å². The van der Waals surface area contributed by atoms with E-state index in [1.807, 2.05) is 96.1 Å². The van der Waals surface area contributed by atoms with E-state index < -0.39 is 0 Å². The first-order valence-corrected chi connectivity index (χ1v) is 8.84. The van der Waals surface area contributed by atoms with Crippen molar-refractivity contribution in [1.29, 1.82) is 0 Å². The summed E-state index contributed by atoms with van der Waals surface area (Å²) in [6.45, 7) is 11.0. The zero-order valence-corrected chi connectivity index (χ0v) is 19.5. The molecule has 0 atom stereocenters. The molecular weight excluding hydrogens is 494 g/mol. The Bertz CT molecular complexity index is 711. The van der Waals surface area contributed by atoms with Crippen LogP contribution >= 0.6 is 0 Å². The van der Waals surface area contributed by atoms with Gasteiger partial charge in [0, 0.05) is 0 Å². The first-order chi connectivity index (χ1) is 12.6. The van der Waals surface area contributed by atoms with E-state index in [0.717, 1.165) is 33.4 Å². The predicted octanol–water partition coefficient (Wildman–Crippen LogP) is 4.13. The Kier molecular flexibility index (Phi) is 12.0. The second-order valence-electron chi connectivity index (χ2n) is 6.66. The number of hydrogen-bond acceptors (Lipinski definition) is 3. The van der Waals surface area contributed by atoms with Crippen LogP contribution in [0.5, 0.6) is 17.2 Å². The number of rotatable bonds is 0. The third-order valence-corrected chi connectivity index (χ3v) is 4.23. The molecule has 0 spiro atoms. The van der Waals surface area contributed by atoms with E-state index in [0.29, 0.717) is 0 Å². The normalized spacial score (nSPS) is 9.21. The van der Waals surface area contributed by atoms with Gasteiger partial charge in [0.05, 0.1) is 0 Å². The average molecular weight is 521 g/mol. The molecule has 0 heterocycles. The molecule has 0 saturated heterocycles. The van der Waals surface area contributed by atoms with Gasteiger partial charge in [-0.15, -0.1) is 17.2 Å². The van der Waals surface area contributed by atoms with Crippen molar-refractivity contribution < 1.29 is 55.3 Å². The fourth-order valence-electron chi connectivity index (χ4n) is 2.40. The van der Waals surface area contributed by atoms with Crippen molar-refractivity contribution in [1.82, 2.24) is 0 Å². The smallest absolute Gasteiger partial charge is 0.872 e. The Morgan fingerprint density at radius 1 is 0.393 bits per heavy atom. The van der Waals surface area contributed by atoms with E-state index in [2.05, 4.69) is 0 Å². The Morgan fingerprint density at radius 2 is 0.536 bits per heavy atom.